The zero-order chi connectivity index (χ0) is 15.9. The van der Waals surface area contributed by atoms with E-state index in [0.717, 1.165) is 56.7 Å². The lowest BCUT2D eigenvalue weighted by Gasteiger charge is -2.35. The summed E-state index contributed by atoms with van der Waals surface area (Å²) in [5.41, 5.74) is 1.05. The van der Waals surface area contributed by atoms with Gasteiger partial charge in [-0.1, -0.05) is 24.7 Å². The van der Waals surface area contributed by atoms with Crippen molar-refractivity contribution in [2.45, 2.75) is 25.3 Å². The summed E-state index contributed by atoms with van der Waals surface area (Å²) in [6.45, 7) is 6.54. The lowest BCUT2D eigenvalue weighted by atomic mass is 10.1. The fourth-order valence-electron chi connectivity index (χ4n) is 3.25. The highest BCUT2D eigenvalue weighted by Crippen LogP contribution is 2.24. The summed E-state index contributed by atoms with van der Waals surface area (Å²) in [5, 5.41) is 3.47. The van der Waals surface area contributed by atoms with Gasteiger partial charge in [-0.15, -0.1) is 0 Å². The van der Waals surface area contributed by atoms with Gasteiger partial charge in [0, 0.05) is 19.3 Å². The molecule has 3 heterocycles. The maximum Gasteiger partial charge on any atom is 0.103 e. The quantitative estimate of drug-likeness (QED) is 0.829. The Kier molecular flexibility index (Phi) is 6.33. The molecule has 1 unspecified atom stereocenters. The Labute approximate surface area is 144 Å². The molecular weight excluding hydrogens is 308 g/mol. The van der Waals surface area contributed by atoms with E-state index in [0.29, 0.717) is 0 Å². The van der Waals surface area contributed by atoms with Crippen LogP contribution in [0.3, 0.4) is 0 Å². The molecule has 23 heavy (non-hydrogen) atoms. The standard InChI is InChI=1S/C17H26N4OS/c23-17(19-14-20-10-12-22-13-11-20)16(15-6-2-3-7-18-15)21-8-4-1-5-9-21/h2-3,6-7,16H,1,4-5,8-14H2,(H,19,23). The average Bonchev–Trinajstić information content (AvgIpc) is 2.63. The number of morpholine rings is 1. The number of nitrogens with one attached hydrogen (secondary N) is 1. The Morgan fingerprint density at radius 3 is 2.65 bits per heavy atom. The molecule has 1 aromatic heterocycles. The van der Waals surface area contributed by atoms with Gasteiger partial charge in [-0.2, -0.15) is 0 Å². The SMILES string of the molecule is S=C(NCN1CCOCC1)C(c1ccccn1)N1CCCCC1. The molecule has 0 saturated carbocycles. The van der Waals surface area contributed by atoms with Crippen molar-refractivity contribution < 1.29 is 4.74 Å². The summed E-state index contributed by atoms with van der Waals surface area (Å²) >= 11 is 5.76. The van der Waals surface area contributed by atoms with Crippen molar-refractivity contribution in [3.05, 3.63) is 30.1 Å². The number of nitrogens with zero attached hydrogens (tertiary/aromatic N) is 3. The van der Waals surface area contributed by atoms with Gasteiger partial charge in [0.1, 0.15) is 6.04 Å². The van der Waals surface area contributed by atoms with E-state index in [2.05, 4.69) is 26.2 Å². The number of rotatable bonds is 5. The van der Waals surface area contributed by atoms with Gasteiger partial charge in [0.05, 0.1) is 30.6 Å². The van der Waals surface area contributed by atoms with Gasteiger partial charge in [-0.25, -0.2) is 0 Å². The molecule has 0 radical (unpaired) electrons. The van der Waals surface area contributed by atoms with Crippen LogP contribution in [0.25, 0.3) is 0 Å². The number of ether oxygens (including phenoxy) is 1. The summed E-state index contributed by atoms with van der Waals surface area (Å²) in [7, 11) is 0. The van der Waals surface area contributed by atoms with Crippen LogP contribution in [0.2, 0.25) is 0 Å². The molecule has 2 aliphatic heterocycles. The molecule has 0 spiro atoms. The monoisotopic (exact) mass is 334 g/mol. The van der Waals surface area contributed by atoms with Gasteiger partial charge >= 0.3 is 0 Å². The summed E-state index contributed by atoms with van der Waals surface area (Å²) in [5.74, 6) is 0. The van der Waals surface area contributed by atoms with Crippen LogP contribution in [0, 0.1) is 0 Å². The Morgan fingerprint density at radius 1 is 1.17 bits per heavy atom. The Morgan fingerprint density at radius 2 is 1.96 bits per heavy atom. The summed E-state index contributed by atoms with van der Waals surface area (Å²) in [6.07, 6.45) is 5.67. The Hall–Kier alpha value is -1.08. The minimum atomic E-state index is 0.0903. The molecule has 1 atom stereocenters. The first kappa shape index (κ1) is 16.8. The zero-order valence-electron chi connectivity index (χ0n) is 13.6. The first-order valence-corrected chi connectivity index (χ1v) is 8.98. The highest BCUT2D eigenvalue weighted by molar-refractivity contribution is 7.80. The highest BCUT2D eigenvalue weighted by atomic mass is 32.1. The minimum Gasteiger partial charge on any atom is -0.379 e. The molecule has 1 aromatic rings. The third-order valence-electron chi connectivity index (χ3n) is 4.55. The molecule has 0 aromatic carbocycles. The van der Waals surface area contributed by atoms with E-state index in [-0.39, 0.29) is 6.04 Å². The maximum atomic E-state index is 5.76. The third-order valence-corrected chi connectivity index (χ3v) is 4.92. The van der Waals surface area contributed by atoms with Crippen LogP contribution in [0.15, 0.2) is 24.4 Å². The second-order valence-corrected chi connectivity index (χ2v) is 6.62. The van der Waals surface area contributed by atoms with E-state index in [1.54, 1.807) is 0 Å². The predicted octanol–water partition coefficient (Wildman–Crippen LogP) is 1.82. The summed E-state index contributed by atoms with van der Waals surface area (Å²) < 4.78 is 5.40. The molecule has 0 amide bonds. The van der Waals surface area contributed by atoms with E-state index in [1.165, 1.54) is 19.3 Å². The van der Waals surface area contributed by atoms with Crippen LogP contribution in [0.5, 0.6) is 0 Å². The molecule has 2 fully saturated rings. The van der Waals surface area contributed by atoms with Gasteiger partial charge in [-0.3, -0.25) is 14.8 Å². The molecule has 1 N–H and O–H groups in total. The Bertz CT molecular complexity index is 487. The van der Waals surface area contributed by atoms with Crippen molar-refractivity contribution in [2.24, 2.45) is 0 Å². The highest BCUT2D eigenvalue weighted by Gasteiger charge is 2.27. The van der Waals surface area contributed by atoms with Crippen LogP contribution in [-0.2, 0) is 4.74 Å². The first-order valence-electron chi connectivity index (χ1n) is 8.57. The lowest BCUT2D eigenvalue weighted by molar-refractivity contribution is 0.0364. The smallest absolute Gasteiger partial charge is 0.103 e. The predicted molar refractivity (Wildman–Crippen MR) is 95.4 cm³/mol. The molecule has 2 aliphatic rings. The summed E-state index contributed by atoms with van der Waals surface area (Å²) in [4.78, 5) is 10.3. The van der Waals surface area contributed by atoms with Crippen molar-refractivity contribution in [1.29, 1.82) is 0 Å². The van der Waals surface area contributed by atoms with E-state index < -0.39 is 0 Å². The number of hydrogen-bond donors (Lipinski definition) is 1. The number of aromatic nitrogens is 1. The second-order valence-electron chi connectivity index (χ2n) is 6.18. The van der Waals surface area contributed by atoms with E-state index in [4.69, 9.17) is 17.0 Å². The number of likely N-dealkylation sites (tertiary alicyclic amines) is 1. The zero-order valence-corrected chi connectivity index (χ0v) is 14.4. The molecule has 6 heteroatoms. The largest absolute Gasteiger partial charge is 0.379 e. The van der Waals surface area contributed by atoms with Crippen LogP contribution >= 0.6 is 12.2 Å². The van der Waals surface area contributed by atoms with Crippen LogP contribution in [0.4, 0.5) is 0 Å². The minimum absolute atomic E-state index is 0.0903. The number of thiocarbonyl (C=S) groups is 1. The third kappa shape index (κ3) is 4.70. The molecule has 5 nitrogen and oxygen atoms in total. The Balaban J connectivity index is 1.65. The number of pyridine rings is 1. The fraction of sp³-hybridized carbons (Fsp3) is 0.647. The molecule has 3 rings (SSSR count). The van der Waals surface area contributed by atoms with Crippen LogP contribution in [-0.4, -0.2) is 65.8 Å². The van der Waals surface area contributed by atoms with Crippen molar-refractivity contribution in [3.8, 4) is 0 Å². The molecule has 0 bridgehead atoms. The normalized spacial score (nSPS) is 21.7. The van der Waals surface area contributed by atoms with E-state index >= 15 is 0 Å². The van der Waals surface area contributed by atoms with Crippen molar-refractivity contribution in [3.63, 3.8) is 0 Å². The van der Waals surface area contributed by atoms with E-state index in [9.17, 15) is 0 Å². The van der Waals surface area contributed by atoms with Gasteiger partial charge in [0.15, 0.2) is 0 Å². The van der Waals surface area contributed by atoms with Crippen molar-refractivity contribution in [1.82, 2.24) is 20.1 Å². The van der Waals surface area contributed by atoms with Gasteiger partial charge in [-0.05, 0) is 38.1 Å². The van der Waals surface area contributed by atoms with Gasteiger partial charge in [0.25, 0.3) is 0 Å². The average molecular weight is 334 g/mol. The second kappa shape index (κ2) is 8.68. The van der Waals surface area contributed by atoms with Gasteiger partial charge < -0.3 is 10.1 Å². The maximum absolute atomic E-state index is 5.76. The van der Waals surface area contributed by atoms with Crippen LogP contribution in [0.1, 0.15) is 31.0 Å². The van der Waals surface area contributed by atoms with Gasteiger partial charge in [0.2, 0.25) is 0 Å². The number of hydrogen-bond acceptors (Lipinski definition) is 5. The van der Waals surface area contributed by atoms with Crippen molar-refractivity contribution in [2.75, 3.05) is 46.1 Å². The molecule has 2 saturated heterocycles. The molecule has 126 valence electrons. The van der Waals surface area contributed by atoms with E-state index in [1.807, 2.05) is 18.3 Å². The number of piperidine rings is 1. The lowest BCUT2D eigenvalue weighted by Crippen LogP contribution is -2.47. The summed E-state index contributed by atoms with van der Waals surface area (Å²) in [6, 6.07) is 6.18. The van der Waals surface area contributed by atoms with Crippen LogP contribution < -0.4 is 5.32 Å². The fourth-order valence-corrected chi connectivity index (χ4v) is 3.58. The molecular formula is C17H26N4OS. The molecule has 0 aliphatic carbocycles. The first-order chi connectivity index (χ1) is 11.3. The van der Waals surface area contributed by atoms with Crippen molar-refractivity contribution >= 4 is 17.2 Å². The topological polar surface area (TPSA) is 40.6 Å².